The van der Waals surface area contributed by atoms with Gasteiger partial charge in [0.15, 0.2) is 11.6 Å². The summed E-state index contributed by atoms with van der Waals surface area (Å²) >= 11 is 0. The number of ketones is 2. The molecule has 0 amide bonds. The van der Waals surface area contributed by atoms with Gasteiger partial charge in [0.1, 0.15) is 5.41 Å². The second-order valence-corrected chi connectivity index (χ2v) is 10.7. The zero-order valence-electron chi connectivity index (χ0n) is 20.9. The van der Waals surface area contributed by atoms with Crippen LogP contribution < -0.4 is 10.6 Å². The van der Waals surface area contributed by atoms with E-state index in [4.69, 9.17) is 0 Å². The first-order valence-corrected chi connectivity index (χ1v) is 11.5. The Bertz CT molecular complexity index is 1150. The number of allylic oxidation sites excluding steroid dienone is 2. The topological polar surface area (TPSA) is 58.2 Å². The molecule has 0 spiro atoms. The highest BCUT2D eigenvalue weighted by Gasteiger charge is 2.45. The lowest BCUT2D eigenvalue weighted by Crippen LogP contribution is -2.43. The molecule has 2 aliphatic heterocycles. The minimum atomic E-state index is -1.36. The molecule has 0 atom stereocenters. The second kappa shape index (κ2) is 7.44. The molecule has 0 bridgehead atoms. The highest BCUT2D eigenvalue weighted by molar-refractivity contribution is 6.14. The third-order valence-corrected chi connectivity index (χ3v) is 6.88. The Morgan fingerprint density at radius 3 is 1.39 bits per heavy atom. The number of rotatable bonds is 4. The van der Waals surface area contributed by atoms with Crippen molar-refractivity contribution in [3.05, 3.63) is 70.8 Å². The number of nitrogens with one attached hydrogen (secondary N) is 2. The van der Waals surface area contributed by atoms with E-state index in [1.807, 2.05) is 36.4 Å². The molecule has 0 aromatic heterocycles. The van der Waals surface area contributed by atoms with E-state index < -0.39 is 5.41 Å². The minimum Gasteiger partial charge on any atom is -0.376 e. The van der Waals surface area contributed by atoms with E-state index in [-0.39, 0.29) is 22.6 Å². The standard InChI is InChI=1S/C29H34N2O2/c1-17-15-27(5,6)30-25-11-9-21(13-23(17)25)29(19(3)32,20(4)33)22-10-12-26-24(14-22)18(2)16-28(7,8)31-26/h9-16,30-31H,1-8H3. The van der Waals surface area contributed by atoms with Crippen molar-refractivity contribution >= 4 is 34.1 Å². The highest BCUT2D eigenvalue weighted by atomic mass is 16.2. The molecule has 0 saturated carbocycles. The van der Waals surface area contributed by atoms with Crippen LogP contribution in [0.2, 0.25) is 0 Å². The third-order valence-electron chi connectivity index (χ3n) is 6.88. The van der Waals surface area contributed by atoms with Gasteiger partial charge in [0.2, 0.25) is 0 Å². The monoisotopic (exact) mass is 442 g/mol. The van der Waals surface area contributed by atoms with E-state index in [9.17, 15) is 9.59 Å². The van der Waals surface area contributed by atoms with Crippen LogP contribution in [-0.2, 0) is 15.0 Å². The van der Waals surface area contributed by atoms with Crippen LogP contribution in [0.5, 0.6) is 0 Å². The fraction of sp³-hybridized carbons (Fsp3) is 0.379. The zero-order valence-corrected chi connectivity index (χ0v) is 20.9. The second-order valence-electron chi connectivity index (χ2n) is 10.7. The van der Waals surface area contributed by atoms with Crippen molar-refractivity contribution < 1.29 is 9.59 Å². The fourth-order valence-corrected chi connectivity index (χ4v) is 5.66. The maximum absolute atomic E-state index is 13.3. The number of carbonyl (C=O) groups is 2. The van der Waals surface area contributed by atoms with Crippen LogP contribution in [0, 0.1) is 0 Å². The summed E-state index contributed by atoms with van der Waals surface area (Å²) in [7, 11) is 0. The zero-order chi connectivity index (χ0) is 24.3. The Morgan fingerprint density at radius 1 is 0.697 bits per heavy atom. The van der Waals surface area contributed by atoms with E-state index in [0.717, 1.165) is 33.6 Å². The molecular formula is C29H34N2O2. The molecule has 0 aliphatic carbocycles. The lowest BCUT2D eigenvalue weighted by molar-refractivity contribution is -0.130. The van der Waals surface area contributed by atoms with Gasteiger partial charge in [-0.15, -0.1) is 0 Å². The van der Waals surface area contributed by atoms with Crippen LogP contribution in [0.1, 0.15) is 77.6 Å². The lowest BCUT2D eigenvalue weighted by atomic mass is 9.67. The van der Waals surface area contributed by atoms with Crippen LogP contribution in [0.3, 0.4) is 0 Å². The molecule has 4 rings (SSSR count). The summed E-state index contributed by atoms with van der Waals surface area (Å²) in [6.07, 6.45) is 4.37. The third kappa shape index (κ3) is 3.72. The van der Waals surface area contributed by atoms with Gasteiger partial charge in [0, 0.05) is 22.5 Å². The Balaban J connectivity index is 1.94. The van der Waals surface area contributed by atoms with Gasteiger partial charge in [0.05, 0.1) is 11.1 Å². The first-order valence-electron chi connectivity index (χ1n) is 11.5. The smallest absolute Gasteiger partial charge is 0.152 e. The van der Waals surface area contributed by atoms with E-state index >= 15 is 0 Å². The molecule has 2 aliphatic rings. The van der Waals surface area contributed by atoms with Crippen molar-refractivity contribution in [1.29, 1.82) is 0 Å². The van der Waals surface area contributed by atoms with Crippen molar-refractivity contribution in [2.45, 2.75) is 71.9 Å². The molecule has 172 valence electrons. The molecule has 2 N–H and O–H groups in total. The molecule has 4 heteroatoms. The molecule has 2 aromatic rings. The van der Waals surface area contributed by atoms with Crippen molar-refractivity contribution in [2.24, 2.45) is 0 Å². The summed E-state index contributed by atoms with van der Waals surface area (Å²) in [5.74, 6) is -0.349. The molecule has 0 radical (unpaired) electrons. The quantitative estimate of drug-likeness (QED) is 0.541. The summed E-state index contributed by atoms with van der Waals surface area (Å²) < 4.78 is 0. The van der Waals surface area contributed by atoms with E-state index in [1.54, 1.807) is 0 Å². The molecular weight excluding hydrogens is 408 g/mol. The minimum absolute atomic E-state index is 0.153. The van der Waals surface area contributed by atoms with Gasteiger partial charge in [0.25, 0.3) is 0 Å². The summed E-state index contributed by atoms with van der Waals surface area (Å²) in [5.41, 5.74) is 6.10. The highest BCUT2D eigenvalue weighted by Crippen LogP contribution is 2.43. The predicted molar refractivity (Wildman–Crippen MR) is 138 cm³/mol. The number of benzene rings is 2. The average molecular weight is 443 g/mol. The number of fused-ring (bicyclic) bond motifs is 2. The van der Waals surface area contributed by atoms with Crippen LogP contribution in [0.4, 0.5) is 11.4 Å². The number of carbonyl (C=O) groups excluding carboxylic acids is 2. The Labute approximate surface area is 197 Å². The van der Waals surface area contributed by atoms with Gasteiger partial charge in [-0.2, -0.15) is 0 Å². The lowest BCUT2D eigenvalue weighted by Gasteiger charge is -2.36. The average Bonchev–Trinajstić information content (AvgIpc) is 2.67. The number of hydrogen-bond acceptors (Lipinski definition) is 4. The molecule has 0 saturated heterocycles. The van der Waals surface area contributed by atoms with Crippen molar-refractivity contribution in [3.8, 4) is 0 Å². The van der Waals surface area contributed by atoms with E-state index in [1.165, 1.54) is 13.8 Å². The molecule has 2 heterocycles. The van der Waals surface area contributed by atoms with Gasteiger partial charge in [-0.3, -0.25) is 9.59 Å². The van der Waals surface area contributed by atoms with Gasteiger partial charge >= 0.3 is 0 Å². The maximum atomic E-state index is 13.3. The van der Waals surface area contributed by atoms with Crippen LogP contribution in [0.25, 0.3) is 11.1 Å². The van der Waals surface area contributed by atoms with Gasteiger partial charge in [-0.05, 0) is 102 Å². The first-order chi connectivity index (χ1) is 15.3. The van der Waals surface area contributed by atoms with Crippen molar-refractivity contribution in [1.82, 2.24) is 0 Å². The SMILES string of the molecule is CC(=O)C(C(C)=O)(c1ccc2c(c1)C(C)=CC(C)(C)N2)c1ccc2c(c1)C(C)=CC(C)(C)N2. The van der Waals surface area contributed by atoms with Crippen molar-refractivity contribution in [2.75, 3.05) is 10.6 Å². The van der Waals surface area contributed by atoms with Gasteiger partial charge < -0.3 is 10.6 Å². The predicted octanol–water partition coefficient (Wildman–Crippen LogP) is 6.37. The Morgan fingerprint density at radius 2 is 1.06 bits per heavy atom. The summed E-state index contributed by atoms with van der Waals surface area (Å²) in [4.78, 5) is 26.7. The normalized spacial score (nSPS) is 18.1. The number of anilines is 2. The van der Waals surface area contributed by atoms with E-state index in [0.29, 0.717) is 11.1 Å². The van der Waals surface area contributed by atoms with Crippen LogP contribution in [-0.4, -0.2) is 22.6 Å². The van der Waals surface area contributed by atoms with E-state index in [2.05, 4.69) is 64.3 Å². The Hall–Kier alpha value is -3.14. The molecule has 2 aromatic carbocycles. The molecule has 0 fully saturated rings. The Kier molecular flexibility index (Phi) is 5.19. The van der Waals surface area contributed by atoms with Gasteiger partial charge in [-0.1, -0.05) is 24.3 Å². The number of Topliss-reactive ketones (excluding diaryl/α,β-unsaturated/α-hetero) is 2. The van der Waals surface area contributed by atoms with Crippen molar-refractivity contribution in [3.63, 3.8) is 0 Å². The first kappa shape index (κ1) is 23.0. The summed E-state index contributed by atoms with van der Waals surface area (Å²) in [5, 5.41) is 7.07. The largest absolute Gasteiger partial charge is 0.376 e. The molecule has 0 unspecified atom stereocenters. The maximum Gasteiger partial charge on any atom is 0.152 e. The fourth-order valence-electron chi connectivity index (χ4n) is 5.66. The molecule has 33 heavy (non-hydrogen) atoms. The number of hydrogen-bond donors (Lipinski definition) is 2. The molecule has 4 nitrogen and oxygen atoms in total. The summed E-state index contributed by atoms with van der Waals surface area (Å²) in [6, 6.07) is 11.9. The van der Waals surface area contributed by atoms with Gasteiger partial charge in [-0.25, -0.2) is 0 Å². The van der Waals surface area contributed by atoms with Crippen LogP contribution >= 0.6 is 0 Å². The van der Waals surface area contributed by atoms with Crippen LogP contribution in [0.15, 0.2) is 48.6 Å². The summed E-state index contributed by atoms with van der Waals surface area (Å²) in [6.45, 7) is 15.7.